The van der Waals surface area contributed by atoms with Crippen molar-refractivity contribution in [3.05, 3.63) is 29.1 Å². The Morgan fingerprint density at radius 2 is 0.846 bits per heavy atom. The summed E-state index contributed by atoms with van der Waals surface area (Å²) in [6.07, 6.45) is 0. The van der Waals surface area contributed by atoms with Crippen molar-refractivity contribution in [1.29, 1.82) is 0 Å². The third-order valence-electron chi connectivity index (χ3n) is 0.990. The first kappa shape index (κ1) is 12.9. The fourth-order valence-corrected chi connectivity index (χ4v) is 0.495. The van der Waals surface area contributed by atoms with E-state index in [0.29, 0.717) is 0 Å². The molecule has 0 aliphatic carbocycles. The van der Waals surface area contributed by atoms with E-state index in [4.69, 9.17) is 0 Å². The van der Waals surface area contributed by atoms with Crippen molar-refractivity contribution in [2.45, 2.75) is 0 Å². The van der Waals surface area contributed by atoms with E-state index in [2.05, 4.69) is 0 Å². The van der Waals surface area contributed by atoms with Crippen molar-refractivity contribution < 1.29 is 51.5 Å². The molecule has 1 aromatic carbocycles. The van der Waals surface area contributed by atoms with Gasteiger partial charge in [-0.15, -0.1) is 5.46 Å². The molecule has 1 rings (SSSR count). The van der Waals surface area contributed by atoms with Crippen LogP contribution < -0.4 is 35.0 Å². The van der Waals surface area contributed by atoms with Crippen LogP contribution in [0.2, 0.25) is 0 Å². The predicted octanol–water partition coefficient (Wildman–Crippen LogP) is -2.62. The largest absolute Gasteiger partial charge is 1.00 e. The van der Waals surface area contributed by atoms with E-state index < -0.39 is 42.4 Å². The summed E-state index contributed by atoms with van der Waals surface area (Å²) in [5.41, 5.74) is -0.619. The van der Waals surface area contributed by atoms with Crippen molar-refractivity contribution in [3.8, 4) is 0 Å². The number of benzene rings is 1. The topological polar surface area (TPSA) is 0 Å². The first-order valence-corrected chi connectivity index (χ1v) is 2.44. The zero-order valence-electron chi connectivity index (χ0n) is 5.89. The first-order chi connectivity index (χ1) is 5.46. The SMILES string of the molecule is [BH3-]c1c(F)c(F)c(F)c(F)c1F.[Na+]. The minimum absolute atomic E-state index is 0. The van der Waals surface area contributed by atoms with Gasteiger partial charge in [-0.25, -0.2) is 22.0 Å². The maximum atomic E-state index is 12.5. The first-order valence-electron chi connectivity index (χ1n) is 2.44. The fraction of sp³-hybridized carbons (Fsp3) is 0. The van der Waals surface area contributed by atoms with Gasteiger partial charge in [-0.3, -0.25) is 0 Å². The van der Waals surface area contributed by atoms with Crippen LogP contribution in [0.4, 0.5) is 22.0 Å². The van der Waals surface area contributed by atoms with Gasteiger partial charge in [-0.2, -0.15) is 0 Å². The Morgan fingerprint density at radius 3 is 1.15 bits per heavy atom. The van der Waals surface area contributed by atoms with Crippen LogP contribution in [0.15, 0.2) is 0 Å². The molecule has 0 amide bonds. The molecular weight excluding hydrogens is 201 g/mol. The van der Waals surface area contributed by atoms with Gasteiger partial charge in [0.25, 0.3) is 0 Å². The van der Waals surface area contributed by atoms with E-state index in [1.807, 2.05) is 0 Å². The van der Waals surface area contributed by atoms with Gasteiger partial charge in [0, 0.05) is 0 Å². The molecule has 1 aromatic rings. The van der Waals surface area contributed by atoms with Crippen LogP contribution in [0.5, 0.6) is 0 Å². The molecule has 0 radical (unpaired) electrons. The van der Waals surface area contributed by atoms with Gasteiger partial charge in [0.2, 0.25) is 0 Å². The minimum atomic E-state index is -2.09. The monoisotopic (exact) mass is 204 g/mol. The van der Waals surface area contributed by atoms with Crippen molar-refractivity contribution in [1.82, 2.24) is 0 Å². The van der Waals surface area contributed by atoms with Crippen LogP contribution in [-0.4, -0.2) is 7.85 Å². The second-order valence-corrected chi connectivity index (χ2v) is 1.69. The fourth-order valence-electron chi connectivity index (χ4n) is 0.495. The summed E-state index contributed by atoms with van der Waals surface area (Å²) in [5.74, 6) is -9.13. The summed E-state index contributed by atoms with van der Waals surface area (Å²) < 4.78 is 61.8. The van der Waals surface area contributed by atoms with E-state index in [0.717, 1.165) is 0 Å². The van der Waals surface area contributed by atoms with Crippen LogP contribution in [-0.2, 0) is 0 Å². The molecule has 0 nitrogen and oxygen atoms in total. The second-order valence-electron chi connectivity index (χ2n) is 1.69. The van der Waals surface area contributed by atoms with Gasteiger partial charge in [-0.05, 0) is 7.85 Å². The number of hydrogen-bond donors (Lipinski definition) is 0. The van der Waals surface area contributed by atoms with E-state index in [9.17, 15) is 22.0 Å². The van der Waals surface area contributed by atoms with Gasteiger partial charge in [-0.1, -0.05) is 0 Å². The van der Waals surface area contributed by atoms with Crippen molar-refractivity contribution >= 4 is 13.3 Å². The predicted molar refractivity (Wildman–Crippen MR) is 35.8 cm³/mol. The Bertz CT molecular complexity index is 235. The smallest absolute Gasteiger partial charge is 0.207 e. The van der Waals surface area contributed by atoms with Crippen molar-refractivity contribution in [3.63, 3.8) is 0 Å². The zero-order chi connectivity index (χ0) is 9.46. The molecule has 13 heavy (non-hydrogen) atoms. The summed E-state index contributed by atoms with van der Waals surface area (Å²) in [5, 5.41) is 0. The normalized spacial score (nSPS) is 9.69. The maximum absolute atomic E-state index is 12.5. The molecule has 0 bridgehead atoms. The van der Waals surface area contributed by atoms with Crippen LogP contribution in [0, 0.1) is 29.1 Å². The number of halogens is 5. The Labute approximate surface area is 93.8 Å². The third kappa shape index (κ3) is 2.06. The molecule has 0 spiro atoms. The molecule has 0 aliphatic heterocycles. The van der Waals surface area contributed by atoms with Crippen LogP contribution in [0.1, 0.15) is 0 Å². The molecule has 0 fully saturated rings. The van der Waals surface area contributed by atoms with Gasteiger partial charge in [0.05, 0.1) is 0 Å². The summed E-state index contributed by atoms with van der Waals surface area (Å²) in [7, 11) is -1.05. The Morgan fingerprint density at radius 1 is 0.615 bits per heavy atom. The van der Waals surface area contributed by atoms with Crippen LogP contribution in [0.3, 0.4) is 0 Å². The Balaban J connectivity index is 0.00000144. The van der Waals surface area contributed by atoms with E-state index in [-0.39, 0.29) is 29.6 Å². The average molecular weight is 204 g/mol. The standard InChI is InChI=1S/C6H3BF5.Na/c7-1-2(8)4(10)6(12)5(11)3(1)9;/h7H3;/q-1;+1. The molecule has 7 heteroatoms. The van der Waals surface area contributed by atoms with Crippen LogP contribution in [0.25, 0.3) is 0 Å². The summed E-state index contributed by atoms with van der Waals surface area (Å²) in [4.78, 5) is 0. The van der Waals surface area contributed by atoms with E-state index >= 15 is 0 Å². The molecule has 0 saturated heterocycles. The molecule has 0 unspecified atom stereocenters. The quantitative estimate of drug-likeness (QED) is 0.188. The minimum Gasteiger partial charge on any atom is -0.207 e. The second kappa shape index (κ2) is 4.44. The number of rotatable bonds is 0. The number of hydrogen-bond acceptors (Lipinski definition) is 0. The zero-order valence-corrected chi connectivity index (χ0v) is 7.89. The van der Waals surface area contributed by atoms with Crippen LogP contribution >= 0.6 is 0 Å². The molecule has 0 saturated carbocycles. The molecule has 0 N–H and O–H groups in total. The van der Waals surface area contributed by atoms with Gasteiger partial charge in [0.15, 0.2) is 17.5 Å². The molecule has 66 valence electrons. The Hall–Kier alpha value is -0.0651. The maximum Gasteiger partial charge on any atom is 1.00 e. The molecule has 0 aromatic heterocycles. The molecule has 0 aliphatic rings. The summed E-state index contributed by atoms with van der Waals surface area (Å²) in [6, 6.07) is 0. The van der Waals surface area contributed by atoms with Crippen molar-refractivity contribution in [2.75, 3.05) is 0 Å². The molecular formula is C6H3BF5Na. The van der Waals surface area contributed by atoms with E-state index in [1.165, 1.54) is 0 Å². The molecule has 0 heterocycles. The van der Waals surface area contributed by atoms with Crippen molar-refractivity contribution in [2.24, 2.45) is 0 Å². The molecule has 0 atom stereocenters. The average Bonchev–Trinajstić information content (AvgIpc) is 2.08. The summed E-state index contributed by atoms with van der Waals surface area (Å²) in [6.45, 7) is 0. The Kier molecular flexibility index (Phi) is 4.41. The summed E-state index contributed by atoms with van der Waals surface area (Å²) >= 11 is 0. The van der Waals surface area contributed by atoms with Gasteiger partial charge in [0.1, 0.15) is 11.6 Å². The van der Waals surface area contributed by atoms with Gasteiger partial charge >= 0.3 is 29.6 Å². The van der Waals surface area contributed by atoms with Gasteiger partial charge < -0.3 is 0 Å². The van der Waals surface area contributed by atoms with E-state index in [1.54, 1.807) is 0 Å². The third-order valence-corrected chi connectivity index (χ3v) is 0.990.